The van der Waals surface area contributed by atoms with Crippen molar-refractivity contribution in [3.63, 3.8) is 0 Å². The highest BCUT2D eigenvalue weighted by Gasteiger charge is 2.03. The number of carbonyl (C=O) groups excluding carboxylic acids is 2. The van der Waals surface area contributed by atoms with Gasteiger partial charge in [-0.1, -0.05) is 12.1 Å². The number of Topliss-reactive ketones (excluding diaryl/α,β-unsaturated/α-hetero) is 1. The van der Waals surface area contributed by atoms with E-state index in [0.717, 1.165) is 0 Å². The number of nitrogens with zero attached hydrogens (tertiary/aromatic N) is 1. The Labute approximate surface area is 69.2 Å². The lowest BCUT2D eigenvalue weighted by molar-refractivity contribution is -0.104. The zero-order valence-electron chi connectivity index (χ0n) is 6.15. The van der Waals surface area contributed by atoms with Crippen LogP contribution in [0.25, 0.3) is 0 Å². The van der Waals surface area contributed by atoms with Crippen molar-refractivity contribution in [2.24, 2.45) is 0 Å². The highest BCUT2D eigenvalue weighted by molar-refractivity contribution is 6.33. The zero-order chi connectivity index (χ0) is 8.97. The summed E-state index contributed by atoms with van der Waals surface area (Å²) in [5, 5.41) is 8.47. The Kier molecular flexibility index (Phi) is 2.34. The SMILES string of the molecule is N#Cc1cccc(C(=O)C=O)c1. The maximum absolute atomic E-state index is 10.8. The van der Waals surface area contributed by atoms with E-state index >= 15 is 0 Å². The van der Waals surface area contributed by atoms with Crippen LogP contribution in [-0.4, -0.2) is 12.1 Å². The van der Waals surface area contributed by atoms with E-state index < -0.39 is 5.78 Å². The van der Waals surface area contributed by atoms with Crippen molar-refractivity contribution >= 4 is 12.1 Å². The highest BCUT2D eigenvalue weighted by Crippen LogP contribution is 2.03. The molecule has 0 amide bonds. The van der Waals surface area contributed by atoms with Gasteiger partial charge in [-0.15, -0.1) is 0 Å². The Morgan fingerprint density at radius 2 is 2.25 bits per heavy atom. The molecule has 58 valence electrons. The summed E-state index contributed by atoms with van der Waals surface area (Å²) in [5.74, 6) is -0.605. The Morgan fingerprint density at radius 1 is 1.50 bits per heavy atom. The Morgan fingerprint density at radius 3 is 2.83 bits per heavy atom. The van der Waals surface area contributed by atoms with Gasteiger partial charge in [0.15, 0.2) is 6.29 Å². The lowest BCUT2D eigenvalue weighted by atomic mass is 10.1. The van der Waals surface area contributed by atoms with Crippen molar-refractivity contribution in [3.05, 3.63) is 35.4 Å². The second kappa shape index (κ2) is 3.44. The molecule has 12 heavy (non-hydrogen) atoms. The van der Waals surface area contributed by atoms with Crippen LogP contribution in [0.15, 0.2) is 24.3 Å². The van der Waals surface area contributed by atoms with Crippen LogP contribution in [0.2, 0.25) is 0 Å². The second-order valence-electron chi connectivity index (χ2n) is 2.17. The fourth-order valence-electron chi connectivity index (χ4n) is 0.810. The molecule has 0 saturated heterocycles. The summed E-state index contributed by atoms with van der Waals surface area (Å²) >= 11 is 0. The molecule has 0 aliphatic heterocycles. The summed E-state index contributed by atoms with van der Waals surface area (Å²) in [4.78, 5) is 20.9. The van der Waals surface area contributed by atoms with E-state index in [4.69, 9.17) is 5.26 Å². The molecule has 1 aromatic rings. The van der Waals surface area contributed by atoms with Gasteiger partial charge in [-0.2, -0.15) is 5.26 Å². The molecule has 0 radical (unpaired) electrons. The number of nitriles is 1. The zero-order valence-corrected chi connectivity index (χ0v) is 6.15. The third-order valence-corrected chi connectivity index (χ3v) is 1.38. The van der Waals surface area contributed by atoms with E-state index in [9.17, 15) is 9.59 Å². The maximum atomic E-state index is 10.8. The van der Waals surface area contributed by atoms with Gasteiger partial charge < -0.3 is 0 Å². The van der Waals surface area contributed by atoms with Gasteiger partial charge in [-0.05, 0) is 12.1 Å². The van der Waals surface area contributed by atoms with E-state index in [2.05, 4.69) is 0 Å². The minimum Gasteiger partial charge on any atom is -0.294 e. The molecule has 0 aliphatic rings. The monoisotopic (exact) mass is 159 g/mol. The van der Waals surface area contributed by atoms with Crippen molar-refractivity contribution in [2.45, 2.75) is 0 Å². The average Bonchev–Trinajstić information content (AvgIpc) is 2.17. The van der Waals surface area contributed by atoms with Crippen LogP contribution >= 0.6 is 0 Å². The molecule has 0 fully saturated rings. The van der Waals surface area contributed by atoms with Crippen molar-refractivity contribution < 1.29 is 9.59 Å². The van der Waals surface area contributed by atoms with Gasteiger partial charge in [-0.25, -0.2) is 0 Å². The van der Waals surface area contributed by atoms with Gasteiger partial charge in [0.25, 0.3) is 0 Å². The van der Waals surface area contributed by atoms with E-state index in [0.29, 0.717) is 5.56 Å². The molecule has 0 atom stereocenters. The topological polar surface area (TPSA) is 57.9 Å². The lowest BCUT2D eigenvalue weighted by Crippen LogP contribution is -1.99. The normalized spacial score (nSPS) is 8.58. The highest BCUT2D eigenvalue weighted by atomic mass is 16.2. The minimum absolute atomic E-state index is 0.233. The fourth-order valence-corrected chi connectivity index (χ4v) is 0.810. The average molecular weight is 159 g/mol. The van der Waals surface area contributed by atoms with Gasteiger partial charge in [0.2, 0.25) is 5.78 Å². The first kappa shape index (κ1) is 8.15. The number of benzene rings is 1. The predicted octanol–water partition coefficient (Wildman–Crippen LogP) is 0.940. The van der Waals surface area contributed by atoms with Crippen molar-refractivity contribution in [1.82, 2.24) is 0 Å². The molecule has 0 N–H and O–H groups in total. The molecule has 1 rings (SSSR count). The summed E-state index contributed by atoms with van der Waals surface area (Å²) in [6, 6.07) is 7.90. The number of aldehydes is 1. The summed E-state index contributed by atoms with van der Waals surface area (Å²) in [7, 11) is 0. The number of hydrogen-bond acceptors (Lipinski definition) is 3. The first-order chi connectivity index (χ1) is 5.77. The van der Waals surface area contributed by atoms with Crippen molar-refractivity contribution in [1.29, 1.82) is 5.26 Å². The van der Waals surface area contributed by atoms with Crippen LogP contribution in [0, 0.1) is 11.3 Å². The summed E-state index contributed by atoms with van der Waals surface area (Å²) < 4.78 is 0. The number of rotatable bonds is 2. The smallest absolute Gasteiger partial charge is 0.225 e. The molecule has 0 bridgehead atoms. The summed E-state index contributed by atoms with van der Waals surface area (Å²) in [5.41, 5.74) is 0.631. The summed E-state index contributed by atoms with van der Waals surface area (Å²) in [6.45, 7) is 0. The van der Waals surface area contributed by atoms with E-state index in [1.807, 2.05) is 6.07 Å². The first-order valence-corrected chi connectivity index (χ1v) is 3.27. The van der Waals surface area contributed by atoms with Gasteiger partial charge in [-0.3, -0.25) is 9.59 Å². The number of carbonyl (C=O) groups is 2. The van der Waals surface area contributed by atoms with Crippen LogP contribution in [0.5, 0.6) is 0 Å². The van der Waals surface area contributed by atoms with Crippen LogP contribution in [0.3, 0.4) is 0 Å². The third kappa shape index (κ3) is 1.55. The van der Waals surface area contributed by atoms with Crippen LogP contribution in [0.4, 0.5) is 0 Å². The number of hydrogen-bond donors (Lipinski definition) is 0. The van der Waals surface area contributed by atoms with Gasteiger partial charge >= 0.3 is 0 Å². The molecule has 0 unspecified atom stereocenters. The maximum Gasteiger partial charge on any atom is 0.225 e. The molecule has 0 aromatic heterocycles. The Balaban J connectivity index is 3.11. The Bertz CT molecular complexity index is 363. The summed E-state index contributed by atoms with van der Waals surface area (Å²) in [6.07, 6.45) is 0.233. The molecule has 0 aliphatic carbocycles. The largest absolute Gasteiger partial charge is 0.294 e. The minimum atomic E-state index is -0.605. The van der Waals surface area contributed by atoms with Crippen LogP contribution in [0.1, 0.15) is 15.9 Å². The van der Waals surface area contributed by atoms with Crippen molar-refractivity contribution in [3.8, 4) is 6.07 Å². The van der Waals surface area contributed by atoms with Crippen LogP contribution in [-0.2, 0) is 4.79 Å². The van der Waals surface area contributed by atoms with Gasteiger partial charge in [0.05, 0.1) is 11.6 Å². The molecule has 0 spiro atoms. The molecule has 1 aromatic carbocycles. The first-order valence-electron chi connectivity index (χ1n) is 3.27. The van der Waals surface area contributed by atoms with E-state index in [-0.39, 0.29) is 11.8 Å². The van der Waals surface area contributed by atoms with E-state index in [1.54, 1.807) is 12.1 Å². The van der Waals surface area contributed by atoms with Crippen LogP contribution < -0.4 is 0 Å². The standard InChI is InChI=1S/C9H5NO2/c10-5-7-2-1-3-8(4-7)9(12)6-11/h1-4,6H. The predicted molar refractivity (Wildman–Crippen MR) is 41.6 cm³/mol. The Hall–Kier alpha value is -1.95. The fraction of sp³-hybridized carbons (Fsp3) is 0. The van der Waals surface area contributed by atoms with Gasteiger partial charge in [0, 0.05) is 5.56 Å². The molecule has 0 saturated carbocycles. The second-order valence-corrected chi connectivity index (χ2v) is 2.17. The number of ketones is 1. The molecular weight excluding hydrogens is 154 g/mol. The van der Waals surface area contributed by atoms with Gasteiger partial charge in [0.1, 0.15) is 0 Å². The molecule has 3 heteroatoms. The molecule has 3 nitrogen and oxygen atoms in total. The quantitative estimate of drug-likeness (QED) is 0.366. The van der Waals surface area contributed by atoms with E-state index in [1.165, 1.54) is 12.1 Å². The molecular formula is C9H5NO2. The third-order valence-electron chi connectivity index (χ3n) is 1.38. The molecule has 0 heterocycles. The lowest BCUT2D eigenvalue weighted by Gasteiger charge is -1.92. The van der Waals surface area contributed by atoms with Crippen molar-refractivity contribution in [2.75, 3.05) is 0 Å².